The Balaban J connectivity index is 2.23. The van der Waals surface area contributed by atoms with Crippen LogP contribution in [0.25, 0.3) is 0 Å². The number of hydrogen-bond donors (Lipinski definition) is 1. The smallest absolute Gasteiger partial charge is 0.0240 e. The van der Waals surface area contributed by atoms with E-state index in [2.05, 4.69) is 23.0 Å². The SMILES string of the molecule is C#CCC(CC1CCSCC1)NC. The highest BCUT2D eigenvalue weighted by molar-refractivity contribution is 7.99. The topological polar surface area (TPSA) is 12.0 Å². The number of terminal acetylenes is 1. The third-order valence-electron chi connectivity index (χ3n) is 2.73. The van der Waals surface area contributed by atoms with Gasteiger partial charge in [-0.05, 0) is 43.7 Å². The summed E-state index contributed by atoms with van der Waals surface area (Å²) in [7, 11) is 2.01. The van der Waals surface area contributed by atoms with Crippen molar-refractivity contribution in [3.8, 4) is 12.3 Å². The molecule has 0 amide bonds. The van der Waals surface area contributed by atoms with Crippen LogP contribution in [0.5, 0.6) is 0 Å². The summed E-state index contributed by atoms with van der Waals surface area (Å²) >= 11 is 2.09. The molecule has 1 aliphatic rings. The Kier molecular flexibility index (Phi) is 5.34. The monoisotopic (exact) mass is 197 g/mol. The van der Waals surface area contributed by atoms with Crippen LogP contribution in [0, 0.1) is 18.3 Å². The van der Waals surface area contributed by atoms with Gasteiger partial charge in [0.2, 0.25) is 0 Å². The predicted octanol–water partition coefficient (Wildman–Crippen LogP) is 2.13. The second-order valence-electron chi connectivity index (χ2n) is 3.69. The van der Waals surface area contributed by atoms with E-state index in [1.54, 1.807) is 0 Å². The summed E-state index contributed by atoms with van der Waals surface area (Å²) in [5, 5.41) is 3.30. The maximum atomic E-state index is 5.32. The van der Waals surface area contributed by atoms with Crippen molar-refractivity contribution in [1.82, 2.24) is 5.32 Å². The van der Waals surface area contributed by atoms with E-state index in [1.807, 2.05) is 7.05 Å². The zero-order valence-corrected chi connectivity index (χ0v) is 9.20. The van der Waals surface area contributed by atoms with Gasteiger partial charge < -0.3 is 5.32 Å². The molecule has 0 bridgehead atoms. The lowest BCUT2D eigenvalue weighted by Crippen LogP contribution is -2.28. The van der Waals surface area contributed by atoms with Crippen LogP contribution in [0.15, 0.2) is 0 Å². The maximum Gasteiger partial charge on any atom is 0.0240 e. The van der Waals surface area contributed by atoms with Crippen molar-refractivity contribution >= 4 is 11.8 Å². The molecule has 2 heteroatoms. The predicted molar refractivity (Wildman–Crippen MR) is 61.0 cm³/mol. The van der Waals surface area contributed by atoms with E-state index in [1.165, 1.54) is 30.8 Å². The molecule has 0 aromatic carbocycles. The largest absolute Gasteiger partial charge is 0.316 e. The molecule has 1 saturated heterocycles. The van der Waals surface area contributed by atoms with E-state index in [4.69, 9.17) is 6.42 Å². The summed E-state index contributed by atoms with van der Waals surface area (Å²) in [6.07, 6.45) is 10.2. The lowest BCUT2D eigenvalue weighted by molar-refractivity contribution is 0.381. The van der Waals surface area contributed by atoms with Crippen LogP contribution in [0.4, 0.5) is 0 Å². The first-order valence-electron chi connectivity index (χ1n) is 5.05. The van der Waals surface area contributed by atoms with Crippen LogP contribution in [-0.4, -0.2) is 24.6 Å². The molecule has 0 aliphatic carbocycles. The zero-order chi connectivity index (χ0) is 9.52. The molecule has 0 aromatic heterocycles. The highest BCUT2D eigenvalue weighted by atomic mass is 32.2. The van der Waals surface area contributed by atoms with Crippen LogP contribution < -0.4 is 5.32 Å². The summed E-state index contributed by atoms with van der Waals surface area (Å²) in [4.78, 5) is 0. The molecular weight excluding hydrogens is 178 g/mol. The lowest BCUT2D eigenvalue weighted by Gasteiger charge is -2.25. The number of hydrogen-bond acceptors (Lipinski definition) is 2. The van der Waals surface area contributed by atoms with E-state index < -0.39 is 0 Å². The van der Waals surface area contributed by atoms with Crippen molar-refractivity contribution in [3.05, 3.63) is 0 Å². The zero-order valence-electron chi connectivity index (χ0n) is 8.38. The van der Waals surface area contributed by atoms with E-state index >= 15 is 0 Å². The molecule has 1 aliphatic heterocycles. The molecule has 1 N–H and O–H groups in total. The molecule has 1 nitrogen and oxygen atoms in total. The second-order valence-corrected chi connectivity index (χ2v) is 4.91. The fourth-order valence-corrected chi connectivity index (χ4v) is 3.03. The van der Waals surface area contributed by atoms with Gasteiger partial charge in [-0.1, -0.05) is 0 Å². The third-order valence-corrected chi connectivity index (χ3v) is 3.78. The fraction of sp³-hybridized carbons (Fsp3) is 0.818. The third kappa shape index (κ3) is 4.06. The molecular formula is C11H19NS. The molecule has 74 valence electrons. The minimum absolute atomic E-state index is 0.540. The van der Waals surface area contributed by atoms with Crippen molar-refractivity contribution in [3.63, 3.8) is 0 Å². The Labute approximate surface area is 86.1 Å². The van der Waals surface area contributed by atoms with Crippen molar-refractivity contribution < 1.29 is 0 Å². The average molecular weight is 197 g/mol. The lowest BCUT2D eigenvalue weighted by atomic mass is 9.93. The Morgan fingerprint density at radius 1 is 1.54 bits per heavy atom. The normalized spacial score (nSPS) is 20.9. The van der Waals surface area contributed by atoms with E-state index in [-0.39, 0.29) is 0 Å². The summed E-state index contributed by atoms with van der Waals surface area (Å²) in [6.45, 7) is 0. The molecule has 1 atom stereocenters. The Hall–Kier alpha value is -0.130. The highest BCUT2D eigenvalue weighted by Gasteiger charge is 2.17. The van der Waals surface area contributed by atoms with Gasteiger partial charge in [-0.25, -0.2) is 0 Å². The van der Waals surface area contributed by atoms with Gasteiger partial charge in [-0.15, -0.1) is 12.3 Å². The van der Waals surface area contributed by atoms with E-state index in [0.29, 0.717) is 6.04 Å². The first kappa shape index (κ1) is 10.9. The van der Waals surface area contributed by atoms with Gasteiger partial charge in [0.15, 0.2) is 0 Å². The quantitative estimate of drug-likeness (QED) is 0.693. The molecule has 1 rings (SSSR count). The Morgan fingerprint density at radius 2 is 2.23 bits per heavy atom. The van der Waals surface area contributed by atoms with E-state index in [9.17, 15) is 0 Å². The molecule has 1 heterocycles. The number of thioether (sulfide) groups is 1. The summed E-state index contributed by atoms with van der Waals surface area (Å²) in [6, 6.07) is 0.540. The first-order valence-corrected chi connectivity index (χ1v) is 6.20. The van der Waals surface area contributed by atoms with Crippen molar-refractivity contribution in [2.75, 3.05) is 18.6 Å². The summed E-state index contributed by atoms with van der Waals surface area (Å²) in [5.74, 6) is 6.34. The van der Waals surface area contributed by atoms with E-state index in [0.717, 1.165) is 12.3 Å². The van der Waals surface area contributed by atoms with Gasteiger partial charge in [0.05, 0.1) is 0 Å². The van der Waals surface area contributed by atoms with Crippen LogP contribution >= 0.6 is 11.8 Å². The van der Waals surface area contributed by atoms with Gasteiger partial charge in [-0.3, -0.25) is 0 Å². The number of rotatable bonds is 4. The van der Waals surface area contributed by atoms with Crippen molar-refractivity contribution in [2.45, 2.75) is 31.7 Å². The van der Waals surface area contributed by atoms with Gasteiger partial charge in [0.1, 0.15) is 0 Å². The van der Waals surface area contributed by atoms with Gasteiger partial charge >= 0.3 is 0 Å². The Morgan fingerprint density at radius 3 is 2.77 bits per heavy atom. The first-order chi connectivity index (χ1) is 6.36. The average Bonchev–Trinajstić information content (AvgIpc) is 2.19. The molecule has 0 radical (unpaired) electrons. The fourth-order valence-electron chi connectivity index (χ4n) is 1.83. The van der Waals surface area contributed by atoms with Crippen molar-refractivity contribution in [1.29, 1.82) is 0 Å². The minimum atomic E-state index is 0.540. The summed E-state index contributed by atoms with van der Waals surface area (Å²) in [5.41, 5.74) is 0. The van der Waals surface area contributed by atoms with Crippen LogP contribution in [0.3, 0.4) is 0 Å². The van der Waals surface area contributed by atoms with Crippen LogP contribution in [0.2, 0.25) is 0 Å². The molecule has 13 heavy (non-hydrogen) atoms. The molecule has 0 saturated carbocycles. The highest BCUT2D eigenvalue weighted by Crippen LogP contribution is 2.26. The van der Waals surface area contributed by atoms with Gasteiger partial charge in [0.25, 0.3) is 0 Å². The molecule has 0 spiro atoms. The maximum absolute atomic E-state index is 5.32. The molecule has 0 aromatic rings. The minimum Gasteiger partial charge on any atom is -0.316 e. The van der Waals surface area contributed by atoms with Gasteiger partial charge in [0, 0.05) is 12.5 Å². The van der Waals surface area contributed by atoms with Gasteiger partial charge in [-0.2, -0.15) is 11.8 Å². The molecule has 1 fully saturated rings. The standard InChI is InChI=1S/C11H19NS/c1-3-4-11(12-2)9-10-5-7-13-8-6-10/h1,10-12H,4-9H2,2H3. The van der Waals surface area contributed by atoms with Crippen LogP contribution in [-0.2, 0) is 0 Å². The summed E-state index contributed by atoms with van der Waals surface area (Å²) < 4.78 is 0. The Bertz CT molecular complexity index is 167. The van der Waals surface area contributed by atoms with Crippen molar-refractivity contribution in [2.24, 2.45) is 5.92 Å². The van der Waals surface area contributed by atoms with Crippen LogP contribution in [0.1, 0.15) is 25.7 Å². The second kappa shape index (κ2) is 6.34. The molecule has 1 unspecified atom stereocenters. The number of nitrogens with one attached hydrogen (secondary N) is 1.